The van der Waals surface area contributed by atoms with Gasteiger partial charge in [-0.15, -0.1) is 0 Å². The lowest BCUT2D eigenvalue weighted by Crippen LogP contribution is -2.44. The molecular formula is C17H35NO. The largest absolute Gasteiger partial charge is 0.369 e. The topological polar surface area (TPSA) is 21.3 Å². The standard InChI is InChI=1S/C17H35NO/c1-12(15(2,3)4)10-14(18-9)13-11-16(5,6)19-17(13,7)8/h12-14,18H,10-11H2,1-9H3. The zero-order valence-electron chi connectivity index (χ0n) is 14.6. The molecule has 0 saturated carbocycles. The van der Waals surface area contributed by atoms with Crippen molar-refractivity contribution in [3.8, 4) is 0 Å². The van der Waals surface area contributed by atoms with Crippen molar-refractivity contribution in [2.75, 3.05) is 7.05 Å². The van der Waals surface area contributed by atoms with Gasteiger partial charge in [-0.05, 0) is 58.9 Å². The molecule has 1 saturated heterocycles. The Hall–Kier alpha value is -0.0800. The Morgan fingerprint density at radius 3 is 2.05 bits per heavy atom. The monoisotopic (exact) mass is 269 g/mol. The molecule has 0 aromatic rings. The van der Waals surface area contributed by atoms with Gasteiger partial charge in [-0.25, -0.2) is 0 Å². The smallest absolute Gasteiger partial charge is 0.0677 e. The van der Waals surface area contributed by atoms with Crippen LogP contribution in [0.3, 0.4) is 0 Å². The van der Waals surface area contributed by atoms with Crippen LogP contribution in [0.4, 0.5) is 0 Å². The van der Waals surface area contributed by atoms with Gasteiger partial charge >= 0.3 is 0 Å². The average Bonchev–Trinajstić information content (AvgIpc) is 2.41. The van der Waals surface area contributed by atoms with E-state index in [0.29, 0.717) is 23.3 Å². The molecule has 0 spiro atoms. The summed E-state index contributed by atoms with van der Waals surface area (Å²) in [5, 5.41) is 3.56. The van der Waals surface area contributed by atoms with Crippen LogP contribution in [-0.4, -0.2) is 24.3 Å². The number of hydrogen-bond acceptors (Lipinski definition) is 2. The fraction of sp³-hybridized carbons (Fsp3) is 1.00. The SMILES string of the molecule is CNC(CC(C)C(C)(C)C)C1CC(C)(C)OC1(C)C. The highest BCUT2D eigenvalue weighted by atomic mass is 16.5. The third-order valence-electron chi connectivity index (χ3n) is 5.09. The Morgan fingerprint density at radius 1 is 1.21 bits per heavy atom. The second-order valence-corrected chi connectivity index (χ2v) is 8.67. The minimum Gasteiger partial charge on any atom is -0.369 e. The van der Waals surface area contributed by atoms with Crippen LogP contribution in [-0.2, 0) is 4.74 Å². The van der Waals surface area contributed by atoms with Crippen molar-refractivity contribution >= 4 is 0 Å². The predicted molar refractivity (Wildman–Crippen MR) is 83.4 cm³/mol. The molecule has 2 heteroatoms. The van der Waals surface area contributed by atoms with Crippen LogP contribution in [0.15, 0.2) is 0 Å². The van der Waals surface area contributed by atoms with Crippen molar-refractivity contribution in [2.45, 2.75) is 85.5 Å². The van der Waals surface area contributed by atoms with Crippen molar-refractivity contribution in [1.29, 1.82) is 0 Å². The average molecular weight is 269 g/mol. The van der Waals surface area contributed by atoms with E-state index in [4.69, 9.17) is 4.74 Å². The molecule has 2 nitrogen and oxygen atoms in total. The fourth-order valence-electron chi connectivity index (χ4n) is 3.45. The highest BCUT2D eigenvalue weighted by Crippen LogP contribution is 2.45. The lowest BCUT2D eigenvalue weighted by molar-refractivity contribution is -0.0784. The van der Waals surface area contributed by atoms with Gasteiger partial charge in [0.15, 0.2) is 0 Å². The summed E-state index contributed by atoms with van der Waals surface area (Å²) < 4.78 is 6.26. The van der Waals surface area contributed by atoms with E-state index >= 15 is 0 Å². The molecule has 1 N–H and O–H groups in total. The summed E-state index contributed by atoms with van der Waals surface area (Å²) in [4.78, 5) is 0. The van der Waals surface area contributed by atoms with E-state index < -0.39 is 0 Å². The van der Waals surface area contributed by atoms with Crippen molar-refractivity contribution in [2.24, 2.45) is 17.3 Å². The molecule has 0 amide bonds. The number of nitrogens with one attached hydrogen (secondary N) is 1. The predicted octanol–water partition coefficient (Wildman–Crippen LogP) is 4.24. The van der Waals surface area contributed by atoms with Crippen LogP contribution < -0.4 is 5.32 Å². The Labute approximate surface area is 120 Å². The first-order valence-corrected chi connectivity index (χ1v) is 7.76. The fourth-order valence-corrected chi connectivity index (χ4v) is 3.45. The summed E-state index contributed by atoms with van der Waals surface area (Å²) in [6.45, 7) is 18.3. The Morgan fingerprint density at radius 2 is 1.74 bits per heavy atom. The molecule has 1 fully saturated rings. The lowest BCUT2D eigenvalue weighted by atomic mass is 9.73. The molecule has 3 atom stereocenters. The minimum atomic E-state index is -0.0330. The van der Waals surface area contributed by atoms with Crippen LogP contribution in [0.1, 0.15) is 68.2 Å². The van der Waals surface area contributed by atoms with Gasteiger partial charge in [-0.2, -0.15) is 0 Å². The molecule has 0 aromatic carbocycles. The van der Waals surface area contributed by atoms with E-state index in [1.165, 1.54) is 6.42 Å². The summed E-state index contributed by atoms with van der Waals surface area (Å²) in [5.41, 5.74) is 0.344. The van der Waals surface area contributed by atoms with Gasteiger partial charge < -0.3 is 10.1 Å². The first-order valence-electron chi connectivity index (χ1n) is 7.76. The van der Waals surface area contributed by atoms with Crippen LogP contribution in [0.25, 0.3) is 0 Å². The van der Waals surface area contributed by atoms with Crippen molar-refractivity contribution < 1.29 is 4.74 Å². The third-order valence-corrected chi connectivity index (χ3v) is 5.09. The molecular weight excluding hydrogens is 234 g/mol. The van der Waals surface area contributed by atoms with E-state index in [-0.39, 0.29) is 11.2 Å². The summed E-state index contributed by atoms with van der Waals surface area (Å²) >= 11 is 0. The molecule has 0 aromatic heterocycles. The van der Waals surface area contributed by atoms with Crippen LogP contribution in [0.5, 0.6) is 0 Å². The highest BCUT2D eigenvalue weighted by molar-refractivity contribution is 4.99. The van der Waals surface area contributed by atoms with Gasteiger partial charge in [0.25, 0.3) is 0 Å². The normalized spacial score (nSPS) is 29.2. The Bertz CT molecular complexity index is 301. The first-order chi connectivity index (χ1) is 8.39. The molecule has 1 rings (SSSR count). The first kappa shape index (κ1) is 17.0. The number of hydrogen-bond donors (Lipinski definition) is 1. The molecule has 3 unspecified atom stereocenters. The van der Waals surface area contributed by atoms with E-state index in [1.807, 2.05) is 0 Å². The van der Waals surface area contributed by atoms with Crippen LogP contribution in [0, 0.1) is 17.3 Å². The second kappa shape index (κ2) is 5.37. The minimum absolute atomic E-state index is 0.00817. The maximum atomic E-state index is 6.26. The van der Waals surface area contributed by atoms with Gasteiger partial charge in [0.2, 0.25) is 0 Å². The van der Waals surface area contributed by atoms with Crippen molar-refractivity contribution in [3.63, 3.8) is 0 Å². The molecule has 0 radical (unpaired) electrons. The van der Waals surface area contributed by atoms with Gasteiger partial charge in [0.05, 0.1) is 11.2 Å². The summed E-state index contributed by atoms with van der Waals surface area (Å²) in [6.07, 6.45) is 2.36. The van der Waals surface area contributed by atoms with Crippen molar-refractivity contribution in [1.82, 2.24) is 5.32 Å². The molecule has 114 valence electrons. The molecule has 0 bridgehead atoms. The summed E-state index contributed by atoms with van der Waals surface area (Å²) in [7, 11) is 2.10. The van der Waals surface area contributed by atoms with Gasteiger partial charge in [-0.3, -0.25) is 0 Å². The second-order valence-electron chi connectivity index (χ2n) is 8.67. The molecule has 0 aliphatic carbocycles. The maximum absolute atomic E-state index is 6.26. The molecule has 1 heterocycles. The van der Waals surface area contributed by atoms with Crippen molar-refractivity contribution in [3.05, 3.63) is 0 Å². The van der Waals surface area contributed by atoms with E-state index in [2.05, 4.69) is 67.8 Å². The summed E-state index contributed by atoms with van der Waals surface area (Å²) in [6, 6.07) is 0.533. The molecule has 1 aliphatic heterocycles. The highest BCUT2D eigenvalue weighted by Gasteiger charge is 2.49. The lowest BCUT2D eigenvalue weighted by Gasteiger charge is -2.37. The van der Waals surface area contributed by atoms with E-state index in [0.717, 1.165) is 6.42 Å². The zero-order valence-corrected chi connectivity index (χ0v) is 14.6. The van der Waals surface area contributed by atoms with Gasteiger partial charge in [-0.1, -0.05) is 27.7 Å². The number of ether oxygens (including phenoxy) is 1. The van der Waals surface area contributed by atoms with Gasteiger partial charge in [0, 0.05) is 12.0 Å². The van der Waals surface area contributed by atoms with E-state index in [9.17, 15) is 0 Å². The van der Waals surface area contributed by atoms with Crippen LogP contribution in [0.2, 0.25) is 0 Å². The zero-order chi connectivity index (χ0) is 15.1. The van der Waals surface area contributed by atoms with Gasteiger partial charge in [0.1, 0.15) is 0 Å². The van der Waals surface area contributed by atoms with E-state index in [1.54, 1.807) is 0 Å². The van der Waals surface area contributed by atoms with Crippen LogP contribution >= 0.6 is 0 Å². The Balaban J connectivity index is 2.81. The quantitative estimate of drug-likeness (QED) is 0.824. The molecule has 19 heavy (non-hydrogen) atoms. The maximum Gasteiger partial charge on any atom is 0.0677 e. The molecule has 1 aliphatic rings. The third kappa shape index (κ3) is 4.19. The number of rotatable bonds is 4. The Kier molecular flexibility index (Phi) is 4.79. The summed E-state index contributed by atoms with van der Waals surface area (Å²) in [5.74, 6) is 1.28.